The average Bonchev–Trinajstić information content (AvgIpc) is 2.89. The predicted octanol–water partition coefficient (Wildman–Crippen LogP) is 3.63. The Morgan fingerprint density at radius 3 is 2.38 bits per heavy atom. The van der Waals surface area contributed by atoms with Crippen LogP contribution in [0.2, 0.25) is 0 Å². The summed E-state index contributed by atoms with van der Waals surface area (Å²) in [7, 11) is 0. The first-order valence-corrected chi connectivity index (χ1v) is 7.29. The fraction of sp³-hybridized carbons (Fsp3) is 0.333. The molecular formula is C18H21NO2. The molecule has 0 aromatic heterocycles. The third-order valence-corrected chi connectivity index (χ3v) is 3.91. The van der Waals surface area contributed by atoms with E-state index in [1.165, 1.54) is 27.8 Å². The molecule has 1 N–H and O–H groups in total. The first-order chi connectivity index (χ1) is 10.1. The Morgan fingerprint density at radius 2 is 1.62 bits per heavy atom. The zero-order valence-corrected chi connectivity index (χ0v) is 12.8. The molecule has 0 spiro atoms. The Morgan fingerprint density at radius 1 is 0.905 bits per heavy atom. The molecule has 0 atom stereocenters. The van der Waals surface area contributed by atoms with Crippen molar-refractivity contribution in [2.45, 2.75) is 33.9 Å². The van der Waals surface area contributed by atoms with Crippen LogP contribution in [-0.4, -0.2) is 6.79 Å². The van der Waals surface area contributed by atoms with E-state index in [1.807, 2.05) is 12.1 Å². The van der Waals surface area contributed by atoms with Crippen LogP contribution in [-0.2, 0) is 13.1 Å². The zero-order valence-electron chi connectivity index (χ0n) is 12.8. The van der Waals surface area contributed by atoms with E-state index in [-0.39, 0.29) is 0 Å². The molecule has 3 heteroatoms. The minimum atomic E-state index is 0.327. The summed E-state index contributed by atoms with van der Waals surface area (Å²) in [6, 6.07) is 10.6. The van der Waals surface area contributed by atoms with Gasteiger partial charge in [-0.05, 0) is 55.2 Å². The van der Waals surface area contributed by atoms with Gasteiger partial charge in [-0.15, -0.1) is 0 Å². The van der Waals surface area contributed by atoms with Crippen molar-refractivity contribution in [1.82, 2.24) is 5.32 Å². The maximum Gasteiger partial charge on any atom is 0.231 e. The Bertz CT molecular complexity index is 641. The molecule has 1 aliphatic rings. The molecule has 3 rings (SSSR count). The van der Waals surface area contributed by atoms with E-state index in [0.29, 0.717) is 6.79 Å². The van der Waals surface area contributed by atoms with Crippen LogP contribution in [0.3, 0.4) is 0 Å². The number of nitrogens with one attached hydrogen (secondary N) is 1. The average molecular weight is 283 g/mol. The SMILES string of the molecule is Cc1cc(C)c(CNCc2ccc3c(c2)OCO3)c(C)c1. The highest BCUT2D eigenvalue weighted by Crippen LogP contribution is 2.32. The van der Waals surface area contributed by atoms with Gasteiger partial charge in [0, 0.05) is 13.1 Å². The summed E-state index contributed by atoms with van der Waals surface area (Å²) in [6.07, 6.45) is 0. The van der Waals surface area contributed by atoms with Crippen molar-refractivity contribution < 1.29 is 9.47 Å². The molecule has 0 fully saturated rings. The Balaban J connectivity index is 1.64. The van der Waals surface area contributed by atoms with Crippen LogP contribution in [0.4, 0.5) is 0 Å². The lowest BCUT2D eigenvalue weighted by Gasteiger charge is -2.12. The molecule has 0 amide bonds. The minimum absolute atomic E-state index is 0.327. The summed E-state index contributed by atoms with van der Waals surface area (Å²) < 4.78 is 10.7. The van der Waals surface area contributed by atoms with Crippen molar-refractivity contribution in [3.63, 3.8) is 0 Å². The minimum Gasteiger partial charge on any atom is -0.454 e. The maximum atomic E-state index is 5.41. The molecule has 110 valence electrons. The number of rotatable bonds is 4. The summed E-state index contributed by atoms with van der Waals surface area (Å²) in [5.41, 5.74) is 6.63. The molecule has 0 radical (unpaired) electrons. The van der Waals surface area contributed by atoms with Crippen molar-refractivity contribution in [2.75, 3.05) is 6.79 Å². The van der Waals surface area contributed by atoms with Crippen LogP contribution < -0.4 is 14.8 Å². The largest absolute Gasteiger partial charge is 0.454 e. The van der Waals surface area contributed by atoms with E-state index in [2.05, 4.69) is 44.3 Å². The number of hydrogen-bond acceptors (Lipinski definition) is 3. The monoisotopic (exact) mass is 283 g/mol. The van der Waals surface area contributed by atoms with Crippen LogP contribution in [0.25, 0.3) is 0 Å². The summed E-state index contributed by atoms with van der Waals surface area (Å²) in [5.74, 6) is 1.68. The summed E-state index contributed by atoms with van der Waals surface area (Å²) in [4.78, 5) is 0. The molecule has 1 heterocycles. The Kier molecular flexibility index (Phi) is 3.84. The molecule has 3 nitrogen and oxygen atoms in total. The van der Waals surface area contributed by atoms with Gasteiger partial charge < -0.3 is 14.8 Å². The van der Waals surface area contributed by atoms with Gasteiger partial charge in [0.05, 0.1) is 0 Å². The normalized spacial score (nSPS) is 12.7. The quantitative estimate of drug-likeness (QED) is 0.929. The standard InChI is InChI=1S/C18H21NO2/c1-12-6-13(2)16(14(3)7-12)10-19-9-15-4-5-17-18(8-15)21-11-20-17/h4-8,19H,9-11H2,1-3H3. The van der Waals surface area contributed by atoms with Crippen molar-refractivity contribution in [2.24, 2.45) is 0 Å². The third kappa shape index (κ3) is 3.03. The Hall–Kier alpha value is -2.00. The van der Waals surface area contributed by atoms with Crippen molar-refractivity contribution >= 4 is 0 Å². The van der Waals surface area contributed by atoms with E-state index in [4.69, 9.17) is 9.47 Å². The molecule has 2 aromatic rings. The number of benzene rings is 2. The van der Waals surface area contributed by atoms with Gasteiger partial charge in [-0.2, -0.15) is 0 Å². The first-order valence-electron chi connectivity index (χ1n) is 7.29. The van der Waals surface area contributed by atoms with Crippen molar-refractivity contribution in [3.8, 4) is 11.5 Å². The Labute approximate surface area is 125 Å². The molecule has 0 saturated heterocycles. The number of fused-ring (bicyclic) bond motifs is 1. The second-order valence-electron chi connectivity index (χ2n) is 5.67. The third-order valence-electron chi connectivity index (χ3n) is 3.91. The summed E-state index contributed by atoms with van der Waals surface area (Å²) >= 11 is 0. The van der Waals surface area contributed by atoms with Gasteiger partial charge in [0.25, 0.3) is 0 Å². The van der Waals surface area contributed by atoms with Crippen LogP contribution in [0, 0.1) is 20.8 Å². The van der Waals surface area contributed by atoms with Gasteiger partial charge in [-0.1, -0.05) is 23.8 Å². The van der Waals surface area contributed by atoms with Gasteiger partial charge in [0.15, 0.2) is 11.5 Å². The fourth-order valence-corrected chi connectivity index (χ4v) is 2.87. The van der Waals surface area contributed by atoms with Gasteiger partial charge in [-0.25, -0.2) is 0 Å². The highest BCUT2D eigenvalue weighted by molar-refractivity contribution is 5.44. The molecule has 0 saturated carbocycles. The number of hydrogen-bond donors (Lipinski definition) is 1. The van der Waals surface area contributed by atoms with Crippen LogP contribution >= 0.6 is 0 Å². The van der Waals surface area contributed by atoms with Crippen molar-refractivity contribution in [1.29, 1.82) is 0 Å². The molecule has 21 heavy (non-hydrogen) atoms. The topological polar surface area (TPSA) is 30.5 Å². The molecule has 0 aliphatic carbocycles. The zero-order chi connectivity index (χ0) is 14.8. The van der Waals surface area contributed by atoms with E-state index in [1.54, 1.807) is 0 Å². The smallest absolute Gasteiger partial charge is 0.231 e. The molecule has 0 unspecified atom stereocenters. The lowest BCUT2D eigenvalue weighted by atomic mass is 10.00. The van der Waals surface area contributed by atoms with E-state index >= 15 is 0 Å². The van der Waals surface area contributed by atoms with E-state index < -0.39 is 0 Å². The fourth-order valence-electron chi connectivity index (χ4n) is 2.87. The predicted molar refractivity (Wildman–Crippen MR) is 83.8 cm³/mol. The van der Waals surface area contributed by atoms with Gasteiger partial charge in [0.1, 0.15) is 0 Å². The maximum absolute atomic E-state index is 5.41. The van der Waals surface area contributed by atoms with E-state index in [0.717, 1.165) is 24.6 Å². The number of aryl methyl sites for hydroxylation is 3. The summed E-state index contributed by atoms with van der Waals surface area (Å²) in [6.45, 7) is 8.53. The lowest BCUT2D eigenvalue weighted by molar-refractivity contribution is 0.174. The first kappa shape index (κ1) is 14.0. The van der Waals surface area contributed by atoms with Gasteiger partial charge in [0.2, 0.25) is 6.79 Å². The van der Waals surface area contributed by atoms with Gasteiger partial charge >= 0.3 is 0 Å². The van der Waals surface area contributed by atoms with Crippen molar-refractivity contribution in [3.05, 3.63) is 58.1 Å². The van der Waals surface area contributed by atoms with E-state index in [9.17, 15) is 0 Å². The van der Waals surface area contributed by atoms with Crippen LogP contribution in [0.15, 0.2) is 30.3 Å². The van der Waals surface area contributed by atoms with Gasteiger partial charge in [-0.3, -0.25) is 0 Å². The second-order valence-corrected chi connectivity index (χ2v) is 5.67. The van der Waals surface area contributed by atoms with Crippen LogP contribution in [0.5, 0.6) is 11.5 Å². The molecular weight excluding hydrogens is 262 g/mol. The second kappa shape index (κ2) is 5.78. The van der Waals surface area contributed by atoms with Crippen LogP contribution in [0.1, 0.15) is 27.8 Å². The summed E-state index contributed by atoms with van der Waals surface area (Å²) in [5, 5.41) is 3.51. The molecule has 1 aliphatic heterocycles. The highest BCUT2D eigenvalue weighted by atomic mass is 16.7. The lowest BCUT2D eigenvalue weighted by Crippen LogP contribution is -2.14. The highest BCUT2D eigenvalue weighted by Gasteiger charge is 2.13. The molecule has 0 bridgehead atoms. The number of ether oxygens (including phenoxy) is 2. The molecule has 2 aromatic carbocycles.